The number of pyridine rings is 1. The second-order valence-corrected chi connectivity index (χ2v) is 3.30. The number of ether oxygens (including phenoxy) is 2. The molecule has 0 aromatic carbocycles. The summed E-state index contributed by atoms with van der Waals surface area (Å²) in [6.07, 6.45) is 4.95. The molecule has 0 unspecified atom stereocenters. The Balaban J connectivity index is 2.03. The number of methoxy groups -OCH3 is 1. The zero-order valence-corrected chi connectivity index (χ0v) is 9.54. The molecule has 0 atom stereocenters. The van der Waals surface area contributed by atoms with E-state index in [0.29, 0.717) is 19.1 Å². The van der Waals surface area contributed by atoms with Crippen LogP contribution in [0.15, 0.2) is 36.8 Å². The standard InChI is InChI=1S/C12H13N3O2/c1-16-6-7-17-12-9-14-11(8-15-12)10-4-2-3-5-13-10/h2-5,8-9H,6-7H2,1H3. The highest BCUT2D eigenvalue weighted by Gasteiger charge is 2.01. The molecule has 0 amide bonds. The fourth-order valence-corrected chi connectivity index (χ4v) is 1.27. The maximum Gasteiger partial charge on any atom is 0.232 e. The Morgan fingerprint density at radius 3 is 2.59 bits per heavy atom. The lowest BCUT2D eigenvalue weighted by atomic mass is 10.3. The van der Waals surface area contributed by atoms with Crippen LogP contribution >= 0.6 is 0 Å². The van der Waals surface area contributed by atoms with Gasteiger partial charge in [0.1, 0.15) is 12.3 Å². The van der Waals surface area contributed by atoms with E-state index in [-0.39, 0.29) is 0 Å². The van der Waals surface area contributed by atoms with Crippen LogP contribution in [-0.4, -0.2) is 35.3 Å². The van der Waals surface area contributed by atoms with Crippen molar-refractivity contribution in [3.05, 3.63) is 36.8 Å². The van der Waals surface area contributed by atoms with E-state index in [1.807, 2.05) is 18.2 Å². The molecule has 0 aliphatic heterocycles. The fourth-order valence-electron chi connectivity index (χ4n) is 1.27. The monoisotopic (exact) mass is 231 g/mol. The van der Waals surface area contributed by atoms with Crippen LogP contribution < -0.4 is 4.74 Å². The van der Waals surface area contributed by atoms with E-state index in [1.54, 1.807) is 25.7 Å². The molecule has 2 heterocycles. The molecule has 17 heavy (non-hydrogen) atoms. The van der Waals surface area contributed by atoms with Crippen LogP contribution in [-0.2, 0) is 4.74 Å². The Bertz CT molecular complexity index is 445. The molecule has 0 saturated carbocycles. The molecule has 0 aliphatic rings. The molecule has 0 spiro atoms. The minimum atomic E-state index is 0.466. The molecule has 5 heteroatoms. The van der Waals surface area contributed by atoms with Gasteiger partial charge in [-0.3, -0.25) is 4.98 Å². The highest BCUT2D eigenvalue weighted by atomic mass is 16.5. The van der Waals surface area contributed by atoms with Gasteiger partial charge in [-0.2, -0.15) is 0 Å². The van der Waals surface area contributed by atoms with Crippen LogP contribution in [0.2, 0.25) is 0 Å². The second kappa shape index (κ2) is 5.91. The Hall–Kier alpha value is -2.01. The smallest absolute Gasteiger partial charge is 0.232 e. The van der Waals surface area contributed by atoms with Crippen LogP contribution in [0.5, 0.6) is 5.88 Å². The van der Waals surface area contributed by atoms with Gasteiger partial charge in [0.2, 0.25) is 5.88 Å². The predicted molar refractivity (Wildman–Crippen MR) is 62.6 cm³/mol. The zero-order valence-electron chi connectivity index (χ0n) is 9.54. The molecule has 5 nitrogen and oxygen atoms in total. The lowest BCUT2D eigenvalue weighted by molar-refractivity contribution is 0.143. The summed E-state index contributed by atoms with van der Waals surface area (Å²) in [6, 6.07) is 5.65. The third kappa shape index (κ3) is 3.22. The average molecular weight is 231 g/mol. The maximum absolute atomic E-state index is 5.32. The van der Waals surface area contributed by atoms with Gasteiger partial charge in [-0.15, -0.1) is 0 Å². The molecule has 0 aliphatic carbocycles. The van der Waals surface area contributed by atoms with Crippen molar-refractivity contribution in [2.24, 2.45) is 0 Å². The van der Waals surface area contributed by atoms with Crippen molar-refractivity contribution in [2.75, 3.05) is 20.3 Å². The maximum atomic E-state index is 5.32. The largest absolute Gasteiger partial charge is 0.474 e. The first kappa shape index (κ1) is 11.5. The summed E-state index contributed by atoms with van der Waals surface area (Å²) >= 11 is 0. The normalized spacial score (nSPS) is 10.2. The van der Waals surface area contributed by atoms with E-state index >= 15 is 0 Å². The molecule has 2 aromatic heterocycles. The third-order valence-electron chi connectivity index (χ3n) is 2.09. The van der Waals surface area contributed by atoms with Gasteiger partial charge in [-0.1, -0.05) is 6.07 Å². The average Bonchev–Trinajstić information content (AvgIpc) is 2.41. The molecule has 2 aromatic rings. The summed E-state index contributed by atoms with van der Waals surface area (Å²) in [5, 5.41) is 0. The molecule has 0 radical (unpaired) electrons. The van der Waals surface area contributed by atoms with Crippen molar-refractivity contribution in [2.45, 2.75) is 0 Å². The molecule has 0 saturated heterocycles. The lowest BCUT2D eigenvalue weighted by Crippen LogP contribution is -2.05. The van der Waals surface area contributed by atoms with E-state index in [0.717, 1.165) is 11.4 Å². The van der Waals surface area contributed by atoms with Crippen LogP contribution in [0.3, 0.4) is 0 Å². The molecular formula is C12H13N3O2. The van der Waals surface area contributed by atoms with Crippen LogP contribution in [0.1, 0.15) is 0 Å². The minimum Gasteiger partial charge on any atom is -0.474 e. The molecule has 0 N–H and O–H groups in total. The Morgan fingerprint density at radius 1 is 1.00 bits per heavy atom. The number of aromatic nitrogens is 3. The Kier molecular flexibility index (Phi) is 3.99. The summed E-state index contributed by atoms with van der Waals surface area (Å²) in [4.78, 5) is 12.6. The van der Waals surface area contributed by atoms with E-state index in [1.165, 1.54) is 0 Å². The van der Waals surface area contributed by atoms with Crippen LogP contribution in [0, 0.1) is 0 Å². The molecule has 88 valence electrons. The Morgan fingerprint density at radius 2 is 1.94 bits per heavy atom. The number of nitrogens with zero attached hydrogens (tertiary/aromatic N) is 3. The first-order valence-electron chi connectivity index (χ1n) is 5.25. The summed E-state index contributed by atoms with van der Waals surface area (Å²) in [5.74, 6) is 0.488. The summed E-state index contributed by atoms with van der Waals surface area (Å²) in [6.45, 7) is 0.998. The molecule has 0 bridgehead atoms. The van der Waals surface area contributed by atoms with Crippen molar-refractivity contribution < 1.29 is 9.47 Å². The van der Waals surface area contributed by atoms with Gasteiger partial charge in [0.15, 0.2) is 0 Å². The van der Waals surface area contributed by atoms with Crippen LogP contribution in [0.25, 0.3) is 11.4 Å². The quantitative estimate of drug-likeness (QED) is 0.731. The number of rotatable bonds is 5. The van der Waals surface area contributed by atoms with Gasteiger partial charge >= 0.3 is 0 Å². The number of hydrogen-bond donors (Lipinski definition) is 0. The summed E-state index contributed by atoms with van der Waals surface area (Å²) < 4.78 is 10.2. The summed E-state index contributed by atoms with van der Waals surface area (Å²) in [7, 11) is 1.62. The SMILES string of the molecule is COCCOc1cnc(-c2ccccn2)cn1. The first-order chi connectivity index (χ1) is 8.40. The topological polar surface area (TPSA) is 57.1 Å². The molecule has 2 rings (SSSR count). The Labute approximate surface area is 99.5 Å². The van der Waals surface area contributed by atoms with Crippen molar-refractivity contribution in [3.63, 3.8) is 0 Å². The van der Waals surface area contributed by atoms with Gasteiger partial charge in [0.25, 0.3) is 0 Å². The van der Waals surface area contributed by atoms with Crippen molar-refractivity contribution in [1.82, 2.24) is 15.0 Å². The van der Waals surface area contributed by atoms with Gasteiger partial charge in [-0.05, 0) is 12.1 Å². The van der Waals surface area contributed by atoms with Gasteiger partial charge in [-0.25, -0.2) is 9.97 Å². The van der Waals surface area contributed by atoms with Crippen molar-refractivity contribution in [1.29, 1.82) is 0 Å². The summed E-state index contributed by atoms with van der Waals surface area (Å²) in [5.41, 5.74) is 1.52. The third-order valence-corrected chi connectivity index (χ3v) is 2.09. The highest BCUT2D eigenvalue weighted by Crippen LogP contribution is 2.13. The lowest BCUT2D eigenvalue weighted by Gasteiger charge is -2.04. The fraction of sp³-hybridized carbons (Fsp3) is 0.250. The zero-order chi connectivity index (χ0) is 11.9. The first-order valence-corrected chi connectivity index (χ1v) is 5.25. The van der Waals surface area contributed by atoms with Crippen molar-refractivity contribution in [3.8, 4) is 17.3 Å². The van der Waals surface area contributed by atoms with Gasteiger partial charge in [0.05, 0.1) is 24.7 Å². The molecule has 0 fully saturated rings. The van der Waals surface area contributed by atoms with E-state index in [2.05, 4.69) is 15.0 Å². The minimum absolute atomic E-state index is 0.466. The van der Waals surface area contributed by atoms with E-state index in [4.69, 9.17) is 9.47 Å². The van der Waals surface area contributed by atoms with E-state index < -0.39 is 0 Å². The van der Waals surface area contributed by atoms with E-state index in [9.17, 15) is 0 Å². The second-order valence-electron chi connectivity index (χ2n) is 3.30. The van der Waals surface area contributed by atoms with Crippen molar-refractivity contribution >= 4 is 0 Å². The van der Waals surface area contributed by atoms with Crippen LogP contribution in [0.4, 0.5) is 0 Å². The highest BCUT2D eigenvalue weighted by molar-refractivity contribution is 5.51. The number of hydrogen-bond acceptors (Lipinski definition) is 5. The van der Waals surface area contributed by atoms with Gasteiger partial charge < -0.3 is 9.47 Å². The van der Waals surface area contributed by atoms with Gasteiger partial charge in [0, 0.05) is 13.3 Å². The molecular weight excluding hydrogens is 218 g/mol. The predicted octanol–water partition coefficient (Wildman–Crippen LogP) is 1.56.